The lowest BCUT2D eigenvalue weighted by Gasteiger charge is -2.31. The molecule has 0 saturated carbocycles. The van der Waals surface area contributed by atoms with Gasteiger partial charge in [0.15, 0.2) is 0 Å². The maximum Gasteiger partial charge on any atom is 0.326 e. The fourth-order valence-corrected chi connectivity index (χ4v) is 6.56. The highest BCUT2D eigenvalue weighted by atomic mass is 16.4. The maximum absolute atomic E-state index is 13.7. The molecule has 1 rings (SSSR count). The van der Waals surface area contributed by atoms with E-state index in [1.165, 1.54) is 20.8 Å². The molecule has 64 heavy (non-hydrogen) atoms. The number of carboxylic acid groups (broad SMARTS) is 1. The summed E-state index contributed by atoms with van der Waals surface area (Å²) >= 11 is 0. The number of hydrogen-bond acceptors (Lipinski definition) is 13. The van der Waals surface area contributed by atoms with Crippen molar-refractivity contribution in [2.45, 2.75) is 168 Å². The number of amides is 9. The minimum absolute atomic E-state index is 0.350. The first kappa shape index (κ1) is 56.6. The third-order valence-electron chi connectivity index (χ3n) is 10.8. The average molecular weight is 913 g/mol. The van der Waals surface area contributed by atoms with Gasteiger partial charge < -0.3 is 68.9 Å². The van der Waals surface area contributed by atoms with Crippen LogP contribution in [0.2, 0.25) is 0 Å². The van der Waals surface area contributed by atoms with Gasteiger partial charge in [0, 0.05) is 0 Å². The molecule has 0 aliphatic carbocycles. The number of aliphatic hydroxyl groups is 2. The van der Waals surface area contributed by atoms with Crippen LogP contribution in [-0.2, 0) is 47.9 Å². The second kappa shape index (κ2) is 26.4. The molecule has 12 atom stereocenters. The Morgan fingerprint density at radius 3 is 1.36 bits per heavy atom. The number of carboxylic acids is 1. The number of nitrogens with one attached hydrogen (secondary N) is 9. The van der Waals surface area contributed by atoms with Crippen molar-refractivity contribution in [2.75, 3.05) is 6.54 Å². The number of carbonyl (C=O) groups excluding carboxylic acids is 9. The maximum atomic E-state index is 13.7. The molecule has 0 aromatic carbocycles. The molecule has 1 saturated heterocycles. The predicted octanol–water partition coefficient (Wildman–Crippen LogP) is -3.63. The minimum Gasteiger partial charge on any atom is -0.480 e. The monoisotopic (exact) mass is 913 g/mol. The quantitative estimate of drug-likeness (QED) is 0.0399. The summed E-state index contributed by atoms with van der Waals surface area (Å²) in [5, 5.41) is 52.9. The van der Waals surface area contributed by atoms with Crippen LogP contribution >= 0.6 is 0 Å². The van der Waals surface area contributed by atoms with E-state index in [9.17, 15) is 63.3 Å². The van der Waals surface area contributed by atoms with Crippen LogP contribution in [-0.4, -0.2) is 148 Å². The van der Waals surface area contributed by atoms with E-state index in [4.69, 9.17) is 5.73 Å². The number of hydrogen-bond donors (Lipinski definition) is 13. The molecule has 1 aliphatic heterocycles. The molecule has 0 bridgehead atoms. The first-order valence-corrected chi connectivity index (χ1v) is 21.7. The molecular formula is C41H72N10O13. The molecule has 23 heteroatoms. The Morgan fingerprint density at radius 2 is 0.953 bits per heavy atom. The van der Waals surface area contributed by atoms with E-state index in [1.807, 2.05) is 0 Å². The summed E-state index contributed by atoms with van der Waals surface area (Å²) in [6.45, 7) is 17.3. The second-order valence-electron chi connectivity index (χ2n) is 17.5. The highest BCUT2D eigenvalue weighted by Gasteiger charge is 2.38. The summed E-state index contributed by atoms with van der Waals surface area (Å²) in [5.41, 5.74) is 5.37. The van der Waals surface area contributed by atoms with Crippen LogP contribution in [0.25, 0.3) is 0 Å². The Kier molecular flexibility index (Phi) is 23.3. The van der Waals surface area contributed by atoms with Crippen LogP contribution in [0.3, 0.4) is 0 Å². The zero-order chi connectivity index (χ0) is 49.3. The number of rotatable bonds is 26. The Labute approximate surface area is 374 Å². The Morgan fingerprint density at radius 1 is 0.547 bits per heavy atom. The van der Waals surface area contributed by atoms with Crippen LogP contribution in [0.4, 0.5) is 0 Å². The molecule has 9 amide bonds. The fourth-order valence-electron chi connectivity index (χ4n) is 6.56. The topological polar surface area (TPSA) is 366 Å². The highest BCUT2D eigenvalue weighted by molar-refractivity contribution is 5.99. The number of primary amides is 1. The summed E-state index contributed by atoms with van der Waals surface area (Å²) in [4.78, 5) is 131. The van der Waals surface area contributed by atoms with E-state index >= 15 is 0 Å². The second-order valence-corrected chi connectivity index (χ2v) is 17.5. The zero-order valence-electron chi connectivity index (χ0n) is 38.7. The van der Waals surface area contributed by atoms with E-state index in [1.54, 1.807) is 55.4 Å². The van der Waals surface area contributed by atoms with Crippen molar-refractivity contribution < 1.29 is 63.3 Å². The molecule has 1 aliphatic rings. The molecule has 14 N–H and O–H groups in total. The Hall–Kier alpha value is -5.42. The summed E-state index contributed by atoms with van der Waals surface area (Å²) in [7, 11) is 0. The van der Waals surface area contributed by atoms with E-state index < -0.39 is 156 Å². The smallest absolute Gasteiger partial charge is 0.326 e. The molecule has 0 radical (unpaired) electrons. The number of aliphatic carboxylic acids is 1. The Balaban J connectivity index is 3.16. The van der Waals surface area contributed by atoms with Gasteiger partial charge in [-0.25, -0.2) is 4.79 Å². The van der Waals surface area contributed by atoms with Gasteiger partial charge in [-0.15, -0.1) is 0 Å². The summed E-state index contributed by atoms with van der Waals surface area (Å²) in [5.74, 6) is -11.4. The van der Waals surface area contributed by atoms with Crippen LogP contribution < -0.4 is 53.6 Å². The molecule has 0 spiro atoms. The largest absolute Gasteiger partial charge is 0.480 e. The minimum atomic E-state index is -1.71. The SMILES string of the molecule is CC[C@H](C)[C@H](NC(=O)[C@@H](NC(=O)[C@H](C)NC(=O)[C@H](CC(N)=O)NC(=O)[C@@H](NC(=O)[C@@H](NC(=O)[C@@H]1CCCN1)C(C)C)[C@@H](C)O)C(C)C)C(=O)N[C@H](C(=O)N[C@H](C(=O)O)C(C)C)[C@@H](C)O. The first-order chi connectivity index (χ1) is 29.6. The van der Waals surface area contributed by atoms with E-state index in [-0.39, 0.29) is 0 Å². The van der Waals surface area contributed by atoms with Crippen molar-refractivity contribution in [1.29, 1.82) is 0 Å². The summed E-state index contributed by atoms with van der Waals surface area (Å²) in [6.07, 6.45) is -2.08. The lowest BCUT2D eigenvalue weighted by Crippen LogP contribution is -2.63. The van der Waals surface area contributed by atoms with Gasteiger partial charge in [0.2, 0.25) is 53.2 Å². The highest BCUT2D eigenvalue weighted by Crippen LogP contribution is 2.13. The van der Waals surface area contributed by atoms with Gasteiger partial charge in [0.25, 0.3) is 0 Å². The lowest BCUT2D eigenvalue weighted by molar-refractivity contribution is -0.144. The van der Waals surface area contributed by atoms with Crippen molar-refractivity contribution in [3.8, 4) is 0 Å². The Bertz CT molecular complexity index is 1670. The molecule has 1 heterocycles. The van der Waals surface area contributed by atoms with Gasteiger partial charge in [0.1, 0.15) is 48.3 Å². The van der Waals surface area contributed by atoms with Crippen molar-refractivity contribution in [3.63, 3.8) is 0 Å². The average Bonchev–Trinajstić information content (AvgIpc) is 3.74. The molecule has 364 valence electrons. The van der Waals surface area contributed by atoms with Gasteiger partial charge >= 0.3 is 5.97 Å². The van der Waals surface area contributed by atoms with Gasteiger partial charge in [0.05, 0.1) is 24.7 Å². The molecule has 0 aromatic heterocycles. The van der Waals surface area contributed by atoms with E-state index in [0.29, 0.717) is 19.4 Å². The molecule has 0 unspecified atom stereocenters. The third-order valence-corrected chi connectivity index (χ3v) is 10.8. The zero-order valence-corrected chi connectivity index (χ0v) is 38.7. The molecule has 0 aromatic rings. The first-order valence-electron chi connectivity index (χ1n) is 21.7. The van der Waals surface area contributed by atoms with Crippen LogP contribution in [0.15, 0.2) is 0 Å². The van der Waals surface area contributed by atoms with Crippen molar-refractivity contribution in [3.05, 3.63) is 0 Å². The standard InChI is InChI=1S/C41H72N10O13/c1-12-20(8)30(38(60)51-32(23(11)53)40(62)48-29(19(6)7)41(63)64)49-36(58)27(17(2)3)46-33(55)21(9)44-35(57)25(16-26(42)54)45-39(61)31(22(10)52)50-37(59)28(18(4)5)47-34(56)24-14-13-15-43-24/h17-25,27-32,43,52-53H,12-16H2,1-11H3,(H2,42,54)(H,44,57)(H,45,61)(H,46,55)(H,47,56)(H,48,62)(H,49,58)(H,50,59)(H,51,60)(H,63,64)/t20-,21-,22+,23+,24-,25-,27-,28-,29-,30-,31-,32-/m0/s1. The molecular weight excluding hydrogens is 841 g/mol. The van der Waals surface area contributed by atoms with E-state index in [0.717, 1.165) is 6.42 Å². The number of carbonyl (C=O) groups is 10. The van der Waals surface area contributed by atoms with Gasteiger partial charge in [-0.3, -0.25) is 43.2 Å². The summed E-state index contributed by atoms with van der Waals surface area (Å²) in [6, 6.07) is -11.9. The normalized spacial score (nSPS) is 18.9. The van der Waals surface area contributed by atoms with Crippen LogP contribution in [0.1, 0.15) is 102 Å². The fraction of sp³-hybridized carbons (Fsp3) is 0.756. The van der Waals surface area contributed by atoms with Gasteiger partial charge in [-0.1, -0.05) is 61.8 Å². The van der Waals surface area contributed by atoms with Crippen molar-refractivity contribution in [2.24, 2.45) is 29.4 Å². The summed E-state index contributed by atoms with van der Waals surface area (Å²) < 4.78 is 0. The van der Waals surface area contributed by atoms with Crippen molar-refractivity contribution >= 4 is 59.1 Å². The number of aliphatic hydroxyl groups excluding tert-OH is 2. The third kappa shape index (κ3) is 17.6. The predicted molar refractivity (Wildman–Crippen MR) is 231 cm³/mol. The molecule has 1 fully saturated rings. The number of nitrogens with two attached hydrogens (primary N) is 1. The van der Waals surface area contributed by atoms with Crippen LogP contribution in [0, 0.1) is 23.7 Å². The van der Waals surface area contributed by atoms with Gasteiger partial charge in [-0.05, 0) is 63.8 Å². The van der Waals surface area contributed by atoms with Crippen LogP contribution in [0.5, 0.6) is 0 Å². The van der Waals surface area contributed by atoms with E-state index in [2.05, 4.69) is 47.9 Å². The van der Waals surface area contributed by atoms with Gasteiger partial charge in [-0.2, -0.15) is 0 Å². The van der Waals surface area contributed by atoms with Crippen molar-refractivity contribution in [1.82, 2.24) is 47.9 Å². The molecule has 23 nitrogen and oxygen atoms in total. The lowest BCUT2D eigenvalue weighted by atomic mass is 9.95.